The number of hydrogen-bond acceptors (Lipinski definition) is 1. The first-order valence-corrected chi connectivity index (χ1v) is 5.77. The molecule has 0 bridgehead atoms. The number of hydrogen-bond donors (Lipinski definition) is 0. The maximum Gasteiger partial charge on any atom is -0.00187 e. The molecule has 1 heteroatoms. The molecule has 0 atom stereocenters. The summed E-state index contributed by atoms with van der Waals surface area (Å²) in [5, 5.41) is 0. The zero-order chi connectivity index (χ0) is 9.36. The van der Waals surface area contributed by atoms with Crippen LogP contribution in [0.4, 0.5) is 0 Å². The summed E-state index contributed by atoms with van der Waals surface area (Å²) in [7, 11) is 0. The molecule has 1 nitrogen and oxygen atoms in total. The standard InChI is InChI=1S/C12H23N/c1-2-3-4-5-7-10-13-11-8-6-9-12-13/h2H,1,3-12H2. The van der Waals surface area contributed by atoms with Gasteiger partial charge in [0.2, 0.25) is 0 Å². The van der Waals surface area contributed by atoms with E-state index in [-0.39, 0.29) is 0 Å². The molecule has 0 aromatic heterocycles. The summed E-state index contributed by atoms with van der Waals surface area (Å²) in [5.74, 6) is 0. The van der Waals surface area contributed by atoms with Crippen molar-refractivity contribution in [3.8, 4) is 0 Å². The number of unbranched alkanes of at least 4 members (excludes halogenated alkanes) is 3. The fourth-order valence-electron chi connectivity index (χ4n) is 1.98. The van der Waals surface area contributed by atoms with E-state index in [4.69, 9.17) is 0 Å². The minimum Gasteiger partial charge on any atom is -0.303 e. The minimum atomic E-state index is 1.19. The van der Waals surface area contributed by atoms with Gasteiger partial charge in [0.1, 0.15) is 0 Å². The highest BCUT2D eigenvalue weighted by atomic mass is 15.1. The van der Waals surface area contributed by atoms with Crippen molar-refractivity contribution in [2.24, 2.45) is 0 Å². The SMILES string of the molecule is C=CCCCCCN1CCCCC1. The van der Waals surface area contributed by atoms with Crippen LogP contribution < -0.4 is 0 Å². The van der Waals surface area contributed by atoms with E-state index in [9.17, 15) is 0 Å². The second kappa shape index (κ2) is 7.14. The fourth-order valence-corrected chi connectivity index (χ4v) is 1.98. The van der Waals surface area contributed by atoms with Gasteiger partial charge >= 0.3 is 0 Å². The van der Waals surface area contributed by atoms with Crippen molar-refractivity contribution in [2.75, 3.05) is 19.6 Å². The van der Waals surface area contributed by atoms with Crippen molar-refractivity contribution in [2.45, 2.75) is 44.9 Å². The Labute approximate surface area is 82.8 Å². The number of piperidine rings is 1. The van der Waals surface area contributed by atoms with E-state index in [1.165, 1.54) is 64.6 Å². The third kappa shape index (κ3) is 5.09. The van der Waals surface area contributed by atoms with Gasteiger partial charge in [0.05, 0.1) is 0 Å². The predicted molar refractivity (Wildman–Crippen MR) is 59.0 cm³/mol. The molecule has 1 fully saturated rings. The van der Waals surface area contributed by atoms with Crippen molar-refractivity contribution >= 4 is 0 Å². The van der Waals surface area contributed by atoms with Gasteiger partial charge in [0.25, 0.3) is 0 Å². The molecule has 13 heavy (non-hydrogen) atoms. The smallest absolute Gasteiger partial charge is 0.00187 e. The van der Waals surface area contributed by atoms with Crippen LogP contribution in [-0.4, -0.2) is 24.5 Å². The van der Waals surface area contributed by atoms with Gasteiger partial charge in [0, 0.05) is 0 Å². The van der Waals surface area contributed by atoms with Crippen LogP contribution in [0.5, 0.6) is 0 Å². The third-order valence-electron chi connectivity index (χ3n) is 2.83. The first kappa shape index (κ1) is 10.8. The largest absolute Gasteiger partial charge is 0.303 e. The lowest BCUT2D eigenvalue weighted by molar-refractivity contribution is 0.224. The molecule has 1 rings (SSSR count). The lowest BCUT2D eigenvalue weighted by Crippen LogP contribution is -2.30. The van der Waals surface area contributed by atoms with Gasteiger partial charge in [-0.05, 0) is 51.7 Å². The minimum absolute atomic E-state index is 1.19. The maximum atomic E-state index is 3.74. The van der Waals surface area contributed by atoms with Gasteiger partial charge in [-0.2, -0.15) is 0 Å². The van der Waals surface area contributed by atoms with Crippen LogP contribution in [0.1, 0.15) is 44.9 Å². The molecule has 76 valence electrons. The predicted octanol–water partition coefficient (Wildman–Crippen LogP) is 3.22. The van der Waals surface area contributed by atoms with Crippen LogP contribution in [0.2, 0.25) is 0 Å². The Morgan fingerprint density at radius 1 is 1.00 bits per heavy atom. The van der Waals surface area contributed by atoms with Crippen molar-refractivity contribution in [1.82, 2.24) is 4.90 Å². The molecule has 0 aliphatic carbocycles. The van der Waals surface area contributed by atoms with Crippen molar-refractivity contribution in [3.05, 3.63) is 12.7 Å². The first-order valence-electron chi connectivity index (χ1n) is 5.77. The Hall–Kier alpha value is -0.300. The average molecular weight is 181 g/mol. The molecule has 1 aliphatic rings. The first-order chi connectivity index (χ1) is 6.43. The molecule has 0 amide bonds. The molecular weight excluding hydrogens is 158 g/mol. The van der Waals surface area contributed by atoms with Gasteiger partial charge in [-0.3, -0.25) is 0 Å². The Morgan fingerprint density at radius 3 is 2.46 bits per heavy atom. The van der Waals surface area contributed by atoms with Crippen molar-refractivity contribution in [1.29, 1.82) is 0 Å². The lowest BCUT2D eigenvalue weighted by atomic mass is 10.1. The summed E-state index contributed by atoms with van der Waals surface area (Å²) in [6, 6.07) is 0. The van der Waals surface area contributed by atoms with Gasteiger partial charge in [-0.25, -0.2) is 0 Å². The second-order valence-electron chi connectivity index (χ2n) is 4.04. The number of allylic oxidation sites excluding steroid dienone is 1. The van der Waals surface area contributed by atoms with E-state index in [0.717, 1.165) is 0 Å². The monoisotopic (exact) mass is 181 g/mol. The van der Waals surface area contributed by atoms with Crippen molar-refractivity contribution < 1.29 is 0 Å². The molecule has 1 saturated heterocycles. The van der Waals surface area contributed by atoms with Gasteiger partial charge in [-0.1, -0.05) is 18.9 Å². The van der Waals surface area contributed by atoms with Crippen LogP contribution in [0.25, 0.3) is 0 Å². The lowest BCUT2D eigenvalue weighted by Gasteiger charge is -2.26. The van der Waals surface area contributed by atoms with E-state index in [2.05, 4.69) is 11.5 Å². The molecular formula is C12H23N. The van der Waals surface area contributed by atoms with E-state index in [1.807, 2.05) is 6.08 Å². The normalized spacial score (nSPS) is 18.8. The highest BCUT2D eigenvalue weighted by Crippen LogP contribution is 2.10. The summed E-state index contributed by atoms with van der Waals surface area (Å²) in [6.45, 7) is 7.77. The number of nitrogens with zero attached hydrogens (tertiary/aromatic N) is 1. The zero-order valence-corrected chi connectivity index (χ0v) is 8.80. The molecule has 0 N–H and O–H groups in total. The molecule has 0 radical (unpaired) electrons. The molecule has 1 aliphatic heterocycles. The average Bonchev–Trinajstić information content (AvgIpc) is 2.19. The van der Waals surface area contributed by atoms with Crippen molar-refractivity contribution in [3.63, 3.8) is 0 Å². The molecule has 1 heterocycles. The van der Waals surface area contributed by atoms with E-state index < -0.39 is 0 Å². The molecule has 0 spiro atoms. The summed E-state index contributed by atoms with van der Waals surface area (Å²) in [5.41, 5.74) is 0. The Kier molecular flexibility index (Phi) is 5.92. The fraction of sp³-hybridized carbons (Fsp3) is 0.833. The Bertz CT molecular complexity index is 125. The van der Waals surface area contributed by atoms with Gasteiger partial charge in [-0.15, -0.1) is 6.58 Å². The molecule has 0 unspecified atom stereocenters. The van der Waals surface area contributed by atoms with Crippen LogP contribution in [0.15, 0.2) is 12.7 Å². The topological polar surface area (TPSA) is 3.24 Å². The van der Waals surface area contributed by atoms with Crippen LogP contribution in [-0.2, 0) is 0 Å². The molecule has 0 aromatic rings. The van der Waals surface area contributed by atoms with Crippen LogP contribution in [0.3, 0.4) is 0 Å². The van der Waals surface area contributed by atoms with E-state index in [0.29, 0.717) is 0 Å². The van der Waals surface area contributed by atoms with Crippen LogP contribution in [0, 0.1) is 0 Å². The second-order valence-corrected chi connectivity index (χ2v) is 4.04. The number of rotatable bonds is 6. The Balaban J connectivity index is 1.89. The van der Waals surface area contributed by atoms with Crippen LogP contribution >= 0.6 is 0 Å². The van der Waals surface area contributed by atoms with E-state index in [1.54, 1.807) is 0 Å². The van der Waals surface area contributed by atoms with E-state index >= 15 is 0 Å². The van der Waals surface area contributed by atoms with Gasteiger partial charge < -0.3 is 4.90 Å². The molecule has 0 aromatic carbocycles. The summed E-state index contributed by atoms with van der Waals surface area (Å²) in [4.78, 5) is 2.62. The highest BCUT2D eigenvalue weighted by Gasteiger charge is 2.08. The highest BCUT2D eigenvalue weighted by molar-refractivity contribution is 4.67. The maximum absolute atomic E-state index is 3.74. The summed E-state index contributed by atoms with van der Waals surface area (Å²) < 4.78 is 0. The van der Waals surface area contributed by atoms with Gasteiger partial charge in [0.15, 0.2) is 0 Å². The Morgan fingerprint density at radius 2 is 1.77 bits per heavy atom. The quantitative estimate of drug-likeness (QED) is 0.449. The third-order valence-corrected chi connectivity index (χ3v) is 2.83. The number of likely N-dealkylation sites (tertiary alicyclic amines) is 1. The summed E-state index contributed by atoms with van der Waals surface area (Å²) >= 11 is 0. The molecule has 0 saturated carbocycles. The summed E-state index contributed by atoms with van der Waals surface area (Å²) in [6.07, 6.45) is 11.6. The zero-order valence-electron chi connectivity index (χ0n) is 8.80.